The summed E-state index contributed by atoms with van der Waals surface area (Å²) in [6.45, 7) is 5.78. The third-order valence-electron chi connectivity index (χ3n) is 2.18. The van der Waals surface area contributed by atoms with Crippen LogP contribution in [0.5, 0.6) is 0 Å². The molecule has 0 aliphatic heterocycles. The van der Waals surface area contributed by atoms with Crippen molar-refractivity contribution < 1.29 is 9.90 Å². The Kier molecular flexibility index (Phi) is 4.82. The molecule has 1 aromatic heterocycles. The summed E-state index contributed by atoms with van der Waals surface area (Å²) in [6.07, 6.45) is 0.749. The lowest BCUT2D eigenvalue weighted by atomic mass is 10.0. The Morgan fingerprint density at radius 3 is 2.62 bits per heavy atom. The number of carbonyl (C=O) groups excluding carboxylic acids is 1. The lowest BCUT2D eigenvalue weighted by molar-refractivity contribution is 0.0903. The Morgan fingerprint density at radius 1 is 1.50 bits per heavy atom. The summed E-state index contributed by atoms with van der Waals surface area (Å²) in [5.74, 6) is 0.165. The number of aliphatic hydroxyl groups excluding tert-OH is 1. The van der Waals surface area contributed by atoms with Gasteiger partial charge in [0.1, 0.15) is 0 Å². The summed E-state index contributed by atoms with van der Waals surface area (Å²) in [4.78, 5) is 11.8. The Bertz CT molecular complexity index is 352. The van der Waals surface area contributed by atoms with E-state index in [-0.39, 0.29) is 18.6 Å². The molecule has 1 heterocycles. The van der Waals surface area contributed by atoms with Crippen LogP contribution in [0.25, 0.3) is 0 Å². The van der Waals surface area contributed by atoms with Crippen molar-refractivity contribution in [1.29, 1.82) is 0 Å². The third kappa shape index (κ3) is 3.53. The first-order valence-corrected chi connectivity index (χ1v) is 5.98. The van der Waals surface area contributed by atoms with Gasteiger partial charge in [-0.3, -0.25) is 4.79 Å². The van der Waals surface area contributed by atoms with Crippen LogP contribution in [0.15, 0.2) is 0 Å². The lowest BCUT2D eigenvalue weighted by Crippen LogP contribution is -2.38. The second-order valence-electron chi connectivity index (χ2n) is 4.18. The average molecular weight is 243 g/mol. The van der Waals surface area contributed by atoms with Crippen LogP contribution >= 0.6 is 11.7 Å². The standard InChI is InChI=1S/C10H17N3O2S/c1-6(2)4-8(5-14)11-10(15)9-7(3)12-16-13-9/h6,8,14H,4-5H2,1-3H3,(H,11,15)/t8-/m1/s1. The fourth-order valence-electron chi connectivity index (χ4n) is 1.44. The minimum Gasteiger partial charge on any atom is -0.394 e. The minimum absolute atomic E-state index is 0.0550. The van der Waals surface area contributed by atoms with Gasteiger partial charge < -0.3 is 10.4 Å². The molecule has 0 radical (unpaired) electrons. The number of hydrogen-bond acceptors (Lipinski definition) is 5. The number of amides is 1. The van der Waals surface area contributed by atoms with Gasteiger partial charge in [-0.1, -0.05) is 13.8 Å². The lowest BCUT2D eigenvalue weighted by Gasteiger charge is -2.17. The van der Waals surface area contributed by atoms with Crippen molar-refractivity contribution in [2.75, 3.05) is 6.61 Å². The van der Waals surface area contributed by atoms with Crippen LogP contribution in [-0.2, 0) is 0 Å². The van der Waals surface area contributed by atoms with Gasteiger partial charge in [0.05, 0.1) is 30.1 Å². The number of aromatic nitrogens is 2. The quantitative estimate of drug-likeness (QED) is 0.808. The van der Waals surface area contributed by atoms with Gasteiger partial charge in [-0.2, -0.15) is 8.75 Å². The molecule has 0 spiro atoms. The summed E-state index contributed by atoms with van der Waals surface area (Å²) >= 11 is 1.02. The number of carbonyl (C=O) groups is 1. The Morgan fingerprint density at radius 2 is 2.19 bits per heavy atom. The first-order chi connectivity index (χ1) is 7.54. The van der Waals surface area contributed by atoms with Crippen molar-refractivity contribution >= 4 is 17.6 Å². The van der Waals surface area contributed by atoms with Crippen molar-refractivity contribution in [2.45, 2.75) is 33.2 Å². The van der Waals surface area contributed by atoms with Gasteiger partial charge in [0.2, 0.25) is 0 Å². The molecule has 1 atom stereocenters. The molecule has 0 saturated heterocycles. The molecule has 0 aromatic carbocycles. The van der Waals surface area contributed by atoms with E-state index >= 15 is 0 Å². The van der Waals surface area contributed by atoms with E-state index in [4.69, 9.17) is 5.11 Å². The molecule has 90 valence electrons. The fourth-order valence-corrected chi connectivity index (χ4v) is 1.99. The Labute approximate surface area is 99.2 Å². The van der Waals surface area contributed by atoms with Gasteiger partial charge >= 0.3 is 0 Å². The molecule has 0 unspecified atom stereocenters. The third-order valence-corrected chi connectivity index (χ3v) is 2.80. The van der Waals surface area contributed by atoms with Gasteiger partial charge in [-0.05, 0) is 19.3 Å². The highest BCUT2D eigenvalue weighted by Crippen LogP contribution is 2.07. The smallest absolute Gasteiger partial charge is 0.273 e. The van der Waals surface area contributed by atoms with E-state index in [2.05, 4.69) is 14.1 Å². The maximum Gasteiger partial charge on any atom is 0.273 e. The average Bonchev–Trinajstić information content (AvgIpc) is 2.62. The molecule has 1 rings (SSSR count). The monoisotopic (exact) mass is 243 g/mol. The zero-order chi connectivity index (χ0) is 12.1. The number of rotatable bonds is 5. The maximum absolute atomic E-state index is 11.8. The van der Waals surface area contributed by atoms with Gasteiger partial charge in [0.15, 0.2) is 5.69 Å². The van der Waals surface area contributed by atoms with Crippen LogP contribution in [0.1, 0.15) is 36.5 Å². The normalized spacial score (nSPS) is 12.8. The van der Waals surface area contributed by atoms with Crippen LogP contribution in [0, 0.1) is 12.8 Å². The van der Waals surface area contributed by atoms with E-state index < -0.39 is 0 Å². The van der Waals surface area contributed by atoms with E-state index in [1.165, 1.54) is 0 Å². The summed E-state index contributed by atoms with van der Waals surface area (Å²) < 4.78 is 7.86. The molecular weight excluding hydrogens is 226 g/mol. The van der Waals surface area contributed by atoms with Crippen molar-refractivity contribution in [3.63, 3.8) is 0 Å². The Balaban J connectivity index is 2.59. The molecule has 1 aromatic rings. The minimum atomic E-state index is -0.258. The molecule has 0 saturated carbocycles. The van der Waals surface area contributed by atoms with E-state index in [9.17, 15) is 4.79 Å². The second-order valence-corrected chi connectivity index (χ2v) is 4.71. The number of aliphatic hydroxyl groups is 1. The van der Waals surface area contributed by atoms with Gasteiger partial charge in [0.25, 0.3) is 5.91 Å². The molecule has 6 heteroatoms. The highest BCUT2D eigenvalue weighted by molar-refractivity contribution is 6.99. The van der Waals surface area contributed by atoms with Crippen molar-refractivity contribution in [3.8, 4) is 0 Å². The molecular formula is C10H17N3O2S. The van der Waals surface area contributed by atoms with Crippen LogP contribution in [0.2, 0.25) is 0 Å². The summed E-state index contributed by atoms with van der Waals surface area (Å²) in [6, 6.07) is -0.214. The van der Waals surface area contributed by atoms with E-state index in [1.807, 2.05) is 13.8 Å². The van der Waals surface area contributed by atoms with Crippen molar-refractivity contribution in [1.82, 2.24) is 14.1 Å². The molecule has 0 bridgehead atoms. The highest BCUT2D eigenvalue weighted by Gasteiger charge is 2.18. The summed E-state index contributed by atoms with van der Waals surface area (Å²) in [5, 5.41) is 11.9. The summed E-state index contributed by atoms with van der Waals surface area (Å²) in [7, 11) is 0. The molecule has 5 nitrogen and oxygen atoms in total. The molecule has 0 aliphatic carbocycles. The molecule has 2 N–H and O–H groups in total. The molecule has 0 fully saturated rings. The number of nitrogens with zero attached hydrogens (tertiary/aromatic N) is 2. The van der Waals surface area contributed by atoms with Gasteiger partial charge in [0, 0.05) is 0 Å². The van der Waals surface area contributed by atoms with Crippen LogP contribution in [0.4, 0.5) is 0 Å². The number of aryl methyl sites for hydroxylation is 1. The predicted molar refractivity (Wildman–Crippen MR) is 62.4 cm³/mol. The highest BCUT2D eigenvalue weighted by atomic mass is 32.1. The van der Waals surface area contributed by atoms with E-state index in [0.29, 0.717) is 17.3 Å². The first-order valence-electron chi connectivity index (χ1n) is 5.25. The fraction of sp³-hybridized carbons (Fsp3) is 0.700. The zero-order valence-corrected chi connectivity index (χ0v) is 10.5. The van der Waals surface area contributed by atoms with E-state index in [1.54, 1.807) is 6.92 Å². The van der Waals surface area contributed by atoms with Gasteiger partial charge in [-0.15, -0.1) is 0 Å². The van der Waals surface area contributed by atoms with Crippen molar-refractivity contribution in [3.05, 3.63) is 11.4 Å². The van der Waals surface area contributed by atoms with Crippen molar-refractivity contribution in [2.24, 2.45) is 5.92 Å². The number of nitrogens with one attached hydrogen (secondary N) is 1. The SMILES string of the molecule is Cc1nsnc1C(=O)N[C@@H](CO)CC(C)C. The first kappa shape index (κ1) is 13.1. The maximum atomic E-state index is 11.8. The van der Waals surface area contributed by atoms with Gasteiger partial charge in [-0.25, -0.2) is 0 Å². The molecule has 0 aliphatic rings. The Hall–Kier alpha value is -1.01. The second kappa shape index (κ2) is 5.91. The number of hydrogen-bond donors (Lipinski definition) is 2. The zero-order valence-electron chi connectivity index (χ0n) is 9.73. The van der Waals surface area contributed by atoms with E-state index in [0.717, 1.165) is 18.1 Å². The van der Waals surface area contributed by atoms with Crippen LogP contribution < -0.4 is 5.32 Å². The molecule has 1 amide bonds. The summed E-state index contributed by atoms with van der Waals surface area (Å²) in [5.41, 5.74) is 0.982. The predicted octanol–water partition coefficient (Wildman–Crippen LogP) is 0.983. The van der Waals surface area contributed by atoms with Crippen LogP contribution in [-0.4, -0.2) is 32.4 Å². The largest absolute Gasteiger partial charge is 0.394 e. The topological polar surface area (TPSA) is 75.1 Å². The molecule has 16 heavy (non-hydrogen) atoms. The van der Waals surface area contributed by atoms with Crippen LogP contribution in [0.3, 0.4) is 0 Å².